The minimum atomic E-state index is 0.502. The summed E-state index contributed by atoms with van der Waals surface area (Å²) in [4.78, 5) is 0. The third-order valence-electron chi connectivity index (χ3n) is 0.258. The van der Waals surface area contributed by atoms with Crippen molar-refractivity contribution in [3.8, 4) is 0 Å². The molecule has 0 aromatic heterocycles. The molecule has 0 aliphatic heterocycles. The Balaban J connectivity index is 2.83. The number of hydrogen-bond acceptors (Lipinski definition) is 2. The molecule has 0 amide bonds. The average Bonchev–Trinajstić information content (AvgIpc) is 1.35. The summed E-state index contributed by atoms with van der Waals surface area (Å²) in [6, 6.07) is 0. The van der Waals surface area contributed by atoms with Gasteiger partial charge in [0.1, 0.15) is 5.52 Å². The lowest BCUT2D eigenvalue weighted by atomic mass is 10.9. The summed E-state index contributed by atoms with van der Waals surface area (Å²) < 4.78 is 4.69. The quantitative estimate of drug-likeness (QED) is 0.436. The molecule has 0 aliphatic rings. The molecule has 0 bridgehead atoms. The van der Waals surface area contributed by atoms with E-state index in [-0.39, 0.29) is 0 Å². The number of alkyl halides is 1. The van der Waals surface area contributed by atoms with Crippen molar-refractivity contribution in [2.45, 2.75) is 6.92 Å². The van der Waals surface area contributed by atoms with Gasteiger partial charge in [-0.05, 0) is 28.1 Å². The molecule has 1 nitrogen and oxygen atoms in total. The van der Waals surface area contributed by atoms with Gasteiger partial charge in [-0.1, -0.05) is 0 Å². The van der Waals surface area contributed by atoms with Crippen molar-refractivity contribution >= 4 is 33.2 Å². The van der Waals surface area contributed by atoms with E-state index in [1.54, 1.807) is 6.92 Å². The van der Waals surface area contributed by atoms with Crippen LogP contribution in [0, 0.1) is 0 Å². The number of rotatable bonds is 1. The molecule has 0 aliphatic carbocycles. The van der Waals surface area contributed by atoms with E-state index >= 15 is 0 Å². The zero-order chi connectivity index (χ0) is 4.99. The standard InChI is InChI=1S/C3H5BrOS/c1-3(6)5-2-4/h2H2,1H3. The first kappa shape index (κ1) is 6.37. The highest BCUT2D eigenvalue weighted by Crippen LogP contribution is 1.83. The van der Waals surface area contributed by atoms with Crippen molar-refractivity contribution in [2.24, 2.45) is 0 Å². The van der Waals surface area contributed by atoms with Gasteiger partial charge in [-0.2, -0.15) is 0 Å². The maximum atomic E-state index is 4.69. The van der Waals surface area contributed by atoms with E-state index in [0.29, 0.717) is 10.6 Å². The molecule has 0 aromatic carbocycles. The molecule has 0 saturated carbocycles. The van der Waals surface area contributed by atoms with Crippen LogP contribution in [-0.4, -0.2) is 10.6 Å². The zero-order valence-corrected chi connectivity index (χ0v) is 5.80. The van der Waals surface area contributed by atoms with Crippen molar-refractivity contribution in [3.63, 3.8) is 0 Å². The minimum Gasteiger partial charge on any atom is -0.476 e. The van der Waals surface area contributed by atoms with Gasteiger partial charge in [-0.15, -0.1) is 0 Å². The lowest BCUT2D eigenvalue weighted by Gasteiger charge is -1.91. The van der Waals surface area contributed by atoms with Gasteiger partial charge in [-0.3, -0.25) is 0 Å². The maximum absolute atomic E-state index is 4.69. The van der Waals surface area contributed by atoms with Gasteiger partial charge >= 0.3 is 0 Å². The summed E-state index contributed by atoms with van der Waals surface area (Å²) in [5.74, 6) is 0. The summed E-state index contributed by atoms with van der Waals surface area (Å²) >= 11 is 7.58. The molecule has 0 heterocycles. The van der Waals surface area contributed by atoms with Crippen LogP contribution in [0.3, 0.4) is 0 Å². The van der Waals surface area contributed by atoms with E-state index in [9.17, 15) is 0 Å². The summed E-state index contributed by atoms with van der Waals surface area (Å²) in [6.45, 7) is 1.73. The molecule has 0 atom stereocenters. The van der Waals surface area contributed by atoms with Gasteiger partial charge in [0.05, 0.1) is 0 Å². The molecule has 0 fully saturated rings. The number of ether oxygens (including phenoxy) is 1. The largest absolute Gasteiger partial charge is 0.476 e. The third-order valence-corrected chi connectivity index (χ3v) is 0.605. The fraction of sp³-hybridized carbons (Fsp3) is 0.667. The second-order valence-electron chi connectivity index (χ2n) is 0.745. The molecule has 0 aromatic rings. The summed E-state index contributed by atoms with van der Waals surface area (Å²) in [7, 11) is 0. The van der Waals surface area contributed by atoms with Crippen LogP contribution in [0.4, 0.5) is 0 Å². The van der Waals surface area contributed by atoms with E-state index in [1.165, 1.54) is 0 Å². The zero-order valence-electron chi connectivity index (χ0n) is 3.40. The van der Waals surface area contributed by atoms with Crippen LogP contribution >= 0.6 is 28.1 Å². The van der Waals surface area contributed by atoms with Gasteiger partial charge < -0.3 is 4.74 Å². The first-order valence-electron chi connectivity index (χ1n) is 1.46. The minimum absolute atomic E-state index is 0.502. The predicted molar refractivity (Wildman–Crippen MR) is 33.2 cm³/mol. The third kappa shape index (κ3) is 4.37. The van der Waals surface area contributed by atoms with Crippen LogP contribution in [0.15, 0.2) is 0 Å². The molecular formula is C3H5BrOS. The highest BCUT2D eigenvalue weighted by atomic mass is 79.9. The van der Waals surface area contributed by atoms with Crippen LogP contribution in [0.1, 0.15) is 6.92 Å². The fourth-order valence-corrected chi connectivity index (χ4v) is 0.631. The van der Waals surface area contributed by atoms with Crippen molar-refractivity contribution in [1.29, 1.82) is 0 Å². The predicted octanol–water partition coefficient (Wildman–Crippen LogP) is 1.70. The molecule has 36 valence electrons. The van der Waals surface area contributed by atoms with Gasteiger partial charge in [0.25, 0.3) is 0 Å². The Labute approximate surface area is 50.8 Å². The Hall–Kier alpha value is 0.370. The number of hydrogen-bond donors (Lipinski definition) is 0. The second kappa shape index (κ2) is 3.56. The maximum Gasteiger partial charge on any atom is 0.157 e. The molecule has 0 unspecified atom stereocenters. The van der Waals surface area contributed by atoms with Crippen molar-refractivity contribution in [3.05, 3.63) is 0 Å². The molecule has 6 heavy (non-hydrogen) atoms. The van der Waals surface area contributed by atoms with E-state index in [4.69, 9.17) is 0 Å². The van der Waals surface area contributed by atoms with Crippen LogP contribution in [-0.2, 0) is 4.74 Å². The second-order valence-corrected chi connectivity index (χ2v) is 1.78. The number of thiocarbonyl (C=S) groups is 1. The monoisotopic (exact) mass is 168 g/mol. The Morgan fingerprint density at radius 2 is 2.50 bits per heavy atom. The average molecular weight is 169 g/mol. The summed E-state index contributed by atoms with van der Waals surface area (Å²) in [5.41, 5.74) is 0.502. The van der Waals surface area contributed by atoms with Crippen molar-refractivity contribution in [2.75, 3.05) is 5.52 Å². The highest BCUT2D eigenvalue weighted by Gasteiger charge is 1.77. The first-order chi connectivity index (χ1) is 2.77. The molecular weight excluding hydrogens is 164 g/mol. The van der Waals surface area contributed by atoms with E-state index in [1.807, 2.05) is 0 Å². The van der Waals surface area contributed by atoms with Crippen LogP contribution < -0.4 is 0 Å². The van der Waals surface area contributed by atoms with Gasteiger partial charge in [0.2, 0.25) is 0 Å². The normalized spacial score (nSPS) is 7.67. The summed E-state index contributed by atoms with van der Waals surface area (Å²) in [6.07, 6.45) is 0. The van der Waals surface area contributed by atoms with E-state index in [0.717, 1.165) is 0 Å². The van der Waals surface area contributed by atoms with E-state index in [2.05, 4.69) is 32.9 Å². The summed E-state index contributed by atoms with van der Waals surface area (Å²) in [5, 5.41) is 0.576. The molecule has 0 N–H and O–H groups in total. The Morgan fingerprint density at radius 1 is 2.00 bits per heavy atom. The van der Waals surface area contributed by atoms with Crippen molar-refractivity contribution < 1.29 is 4.74 Å². The fourth-order valence-electron chi connectivity index (χ4n) is 0.0768. The molecule has 0 saturated heterocycles. The lowest BCUT2D eigenvalue weighted by Crippen LogP contribution is -1.90. The number of halogens is 1. The Morgan fingerprint density at radius 3 is 2.50 bits per heavy atom. The van der Waals surface area contributed by atoms with Crippen LogP contribution in [0.2, 0.25) is 0 Å². The van der Waals surface area contributed by atoms with Crippen LogP contribution in [0.25, 0.3) is 0 Å². The lowest BCUT2D eigenvalue weighted by molar-refractivity contribution is 0.394. The molecule has 0 spiro atoms. The highest BCUT2D eigenvalue weighted by molar-refractivity contribution is 9.09. The molecule has 0 rings (SSSR count). The smallest absolute Gasteiger partial charge is 0.157 e. The Bertz CT molecular complexity index is 54.8. The van der Waals surface area contributed by atoms with E-state index < -0.39 is 0 Å². The van der Waals surface area contributed by atoms with Gasteiger partial charge in [0.15, 0.2) is 5.05 Å². The SMILES string of the molecule is CC(=S)OCBr. The van der Waals surface area contributed by atoms with Gasteiger partial charge in [-0.25, -0.2) is 0 Å². The first-order valence-corrected chi connectivity index (χ1v) is 2.99. The molecule has 3 heteroatoms. The Kier molecular flexibility index (Phi) is 3.78. The van der Waals surface area contributed by atoms with Gasteiger partial charge in [0, 0.05) is 6.92 Å². The van der Waals surface area contributed by atoms with Crippen molar-refractivity contribution in [1.82, 2.24) is 0 Å². The topological polar surface area (TPSA) is 9.23 Å². The molecule has 0 radical (unpaired) electrons. The van der Waals surface area contributed by atoms with Crippen LogP contribution in [0.5, 0.6) is 0 Å².